The number of likely N-dealkylation sites (N-methyl/N-ethyl adjacent to an activating group) is 1. The van der Waals surface area contributed by atoms with Gasteiger partial charge in [0, 0.05) is 12.7 Å². The maximum absolute atomic E-state index is 11.3. The third-order valence-electron chi connectivity index (χ3n) is 5.53. The summed E-state index contributed by atoms with van der Waals surface area (Å²) in [6, 6.07) is 7.86. The fourth-order valence-electron chi connectivity index (χ4n) is 3.38. The molecule has 0 heterocycles. The lowest BCUT2D eigenvalue weighted by Gasteiger charge is -2.36. The van der Waals surface area contributed by atoms with Crippen LogP contribution in [0.5, 0.6) is 0 Å². The number of halogens is 1. The van der Waals surface area contributed by atoms with Crippen molar-refractivity contribution in [1.82, 2.24) is 5.32 Å². The third kappa shape index (κ3) is 10.1. The van der Waals surface area contributed by atoms with Gasteiger partial charge in [0.05, 0.1) is 26.2 Å². The molecule has 0 saturated heterocycles. The maximum atomic E-state index is 11.3. The summed E-state index contributed by atoms with van der Waals surface area (Å²) in [6.45, 7) is 11.7. The van der Waals surface area contributed by atoms with Gasteiger partial charge in [-0.25, -0.2) is 4.79 Å². The Morgan fingerprint density at radius 3 is 2.18 bits per heavy atom. The second-order valence-electron chi connectivity index (χ2n) is 7.37. The Bertz CT molecular complexity index is 553. The Morgan fingerprint density at radius 2 is 1.61 bits per heavy atom. The van der Waals surface area contributed by atoms with Crippen LogP contribution in [0.2, 0.25) is 0 Å². The average Bonchev–Trinajstić information content (AvgIpc) is 2.70. The summed E-state index contributed by atoms with van der Waals surface area (Å²) >= 11 is 0. The zero-order chi connectivity index (χ0) is 20.0. The first-order valence-corrected chi connectivity index (χ1v) is 10.7. The number of nitrogens with zero attached hydrogens (tertiary/aromatic N) is 1. The molecular formula is C23H40ClN3O. The molecule has 0 aliphatic carbocycles. The summed E-state index contributed by atoms with van der Waals surface area (Å²) < 4.78 is 1.19. The molecule has 5 heteroatoms. The minimum absolute atomic E-state index is 0. The zero-order valence-corrected chi connectivity index (χ0v) is 19.0. The highest BCUT2D eigenvalue weighted by molar-refractivity contribution is 5.88. The molecule has 0 fully saturated rings. The van der Waals surface area contributed by atoms with Crippen molar-refractivity contribution in [2.45, 2.75) is 59.3 Å². The van der Waals surface area contributed by atoms with Crippen LogP contribution in [0.1, 0.15) is 58.4 Å². The Morgan fingerprint density at radius 1 is 0.964 bits per heavy atom. The molecule has 1 aromatic carbocycles. The van der Waals surface area contributed by atoms with Gasteiger partial charge in [-0.15, -0.1) is 0 Å². The van der Waals surface area contributed by atoms with Gasteiger partial charge in [0.2, 0.25) is 0 Å². The van der Waals surface area contributed by atoms with Crippen molar-refractivity contribution in [3.05, 3.63) is 42.0 Å². The number of carbonyl (C=O) groups excluding carboxylic acids is 1. The predicted octanol–water partition coefficient (Wildman–Crippen LogP) is 2.37. The van der Waals surface area contributed by atoms with Gasteiger partial charge in [-0.1, -0.05) is 44.4 Å². The molecule has 2 amide bonds. The van der Waals surface area contributed by atoms with Crippen LogP contribution in [-0.4, -0.2) is 43.7 Å². The molecule has 0 spiro atoms. The first-order valence-electron chi connectivity index (χ1n) is 10.7. The molecule has 28 heavy (non-hydrogen) atoms. The molecule has 2 N–H and O–H groups in total. The number of rotatable bonds is 13. The molecule has 1 rings (SSSR count). The normalized spacial score (nSPS) is 11.3. The molecule has 0 saturated carbocycles. The van der Waals surface area contributed by atoms with Crippen molar-refractivity contribution in [2.75, 3.05) is 38.5 Å². The van der Waals surface area contributed by atoms with E-state index in [4.69, 9.17) is 0 Å². The van der Waals surface area contributed by atoms with Crippen molar-refractivity contribution in [3.63, 3.8) is 0 Å². The van der Waals surface area contributed by atoms with Crippen molar-refractivity contribution in [3.8, 4) is 0 Å². The topological polar surface area (TPSA) is 41.1 Å². The van der Waals surface area contributed by atoms with Crippen molar-refractivity contribution < 1.29 is 21.7 Å². The molecule has 4 nitrogen and oxygen atoms in total. The summed E-state index contributed by atoms with van der Waals surface area (Å²) in [5.41, 5.74) is 2.08. The number of nitrogens with one attached hydrogen (secondary N) is 2. The van der Waals surface area contributed by atoms with Gasteiger partial charge >= 0.3 is 6.03 Å². The van der Waals surface area contributed by atoms with Gasteiger partial charge < -0.3 is 27.5 Å². The first-order chi connectivity index (χ1) is 13.1. The number of allylic oxidation sites excluding steroid dienone is 1. The predicted molar refractivity (Wildman–Crippen MR) is 117 cm³/mol. The highest BCUT2D eigenvalue weighted by Gasteiger charge is 2.20. The molecule has 0 bridgehead atoms. The van der Waals surface area contributed by atoms with E-state index in [1.165, 1.54) is 61.8 Å². The Labute approximate surface area is 178 Å². The molecule has 160 valence electrons. The van der Waals surface area contributed by atoms with E-state index in [1.807, 2.05) is 12.1 Å². The fraction of sp³-hybridized carbons (Fsp3) is 0.609. The first kappa shape index (κ1) is 26.5. The van der Waals surface area contributed by atoms with E-state index < -0.39 is 0 Å². The number of anilines is 1. The summed E-state index contributed by atoms with van der Waals surface area (Å²) in [6.07, 6.45) is 12.4. The number of amides is 2. The van der Waals surface area contributed by atoms with Gasteiger partial charge in [-0.2, -0.15) is 0 Å². The number of urea groups is 1. The van der Waals surface area contributed by atoms with Crippen molar-refractivity contribution >= 4 is 11.7 Å². The number of hydrogen-bond donors (Lipinski definition) is 2. The van der Waals surface area contributed by atoms with Gasteiger partial charge in [-0.05, 0) is 56.9 Å². The number of benzene rings is 1. The van der Waals surface area contributed by atoms with E-state index in [0.717, 1.165) is 18.7 Å². The molecule has 0 aliphatic rings. The molecule has 0 radical (unpaired) electrons. The van der Waals surface area contributed by atoms with Crippen LogP contribution in [0.25, 0.3) is 0 Å². The van der Waals surface area contributed by atoms with Crippen molar-refractivity contribution in [1.29, 1.82) is 0 Å². The molecular weight excluding hydrogens is 370 g/mol. The monoisotopic (exact) mass is 409 g/mol. The van der Waals surface area contributed by atoms with Gasteiger partial charge in [0.25, 0.3) is 0 Å². The van der Waals surface area contributed by atoms with Crippen LogP contribution < -0.4 is 23.0 Å². The number of quaternary nitrogens is 1. The lowest BCUT2D eigenvalue weighted by atomic mass is 10.1. The second kappa shape index (κ2) is 15.4. The summed E-state index contributed by atoms with van der Waals surface area (Å²) in [7, 11) is 1.62. The van der Waals surface area contributed by atoms with Crippen LogP contribution in [0.4, 0.5) is 10.5 Å². The average molecular weight is 410 g/mol. The summed E-state index contributed by atoms with van der Waals surface area (Å²) in [4.78, 5) is 11.3. The number of unbranched alkanes of at least 4 members (excludes halogenated alkanes) is 4. The van der Waals surface area contributed by atoms with Crippen LogP contribution in [0.3, 0.4) is 0 Å². The molecule has 0 unspecified atom stereocenters. The van der Waals surface area contributed by atoms with Gasteiger partial charge in [-0.3, -0.25) is 0 Å². The minimum atomic E-state index is -0.189. The quantitative estimate of drug-likeness (QED) is 0.293. The molecule has 1 aromatic rings. The van der Waals surface area contributed by atoms with E-state index >= 15 is 0 Å². The Balaban J connectivity index is 0.00000729. The van der Waals surface area contributed by atoms with Crippen LogP contribution in [0, 0.1) is 0 Å². The zero-order valence-electron chi connectivity index (χ0n) is 18.3. The van der Waals surface area contributed by atoms with Crippen LogP contribution >= 0.6 is 0 Å². The SMILES string of the molecule is CCCCCCC[N+](CC)(CC)CC=CCc1ccc(NC(=O)NC)cc1.[Cl-]. The van der Waals surface area contributed by atoms with E-state index in [2.05, 4.69) is 55.7 Å². The third-order valence-corrected chi connectivity index (χ3v) is 5.53. The lowest BCUT2D eigenvalue weighted by Crippen LogP contribution is -3.00. The Kier molecular flexibility index (Phi) is 14.6. The second-order valence-corrected chi connectivity index (χ2v) is 7.37. The maximum Gasteiger partial charge on any atom is 0.318 e. The Hall–Kier alpha value is -1.52. The van der Waals surface area contributed by atoms with Crippen LogP contribution in [0.15, 0.2) is 36.4 Å². The van der Waals surface area contributed by atoms with E-state index in [0.29, 0.717) is 0 Å². The van der Waals surface area contributed by atoms with Gasteiger partial charge in [0.1, 0.15) is 0 Å². The molecule has 0 aromatic heterocycles. The van der Waals surface area contributed by atoms with E-state index in [-0.39, 0.29) is 18.4 Å². The highest BCUT2D eigenvalue weighted by Crippen LogP contribution is 2.13. The fourth-order valence-corrected chi connectivity index (χ4v) is 3.38. The summed E-state index contributed by atoms with van der Waals surface area (Å²) in [5, 5.41) is 5.34. The van der Waals surface area contributed by atoms with E-state index in [1.54, 1.807) is 7.05 Å². The van der Waals surface area contributed by atoms with Crippen LogP contribution in [-0.2, 0) is 6.42 Å². The largest absolute Gasteiger partial charge is 1.00 e. The molecule has 0 aliphatic heterocycles. The highest BCUT2D eigenvalue weighted by atomic mass is 35.5. The molecule has 0 atom stereocenters. The lowest BCUT2D eigenvalue weighted by molar-refractivity contribution is -0.919. The number of hydrogen-bond acceptors (Lipinski definition) is 1. The summed E-state index contributed by atoms with van der Waals surface area (Å²) in [5.74, 6) is 0. The van der Waals surface area contributed by atoms with E-state index in [9.17, 15) is 4.79 Å². The smallest absolute Gasteiger partial charge is 0.318 e. The minimum Gasteiger partial charge on any atom is -1.00 e. The van der Waals surface area contributed by atoms with Crippen molar-refractivity contribution in [2.24, 2.45) is 0 Å². The number of carbonyl (C=O) groups is 1. The van der Waals surface area contributed by atoms with Gasteiger partial charge in [0.15, 0.2) is 0 Å². The standard InChI is InChI=1S/C23H39N3O.ClH/c1-5-8-9-10-12-19-26(6-2,7-3)20-13-11-14-21-15-17-22(18-16-21)25-23(27)24-4;/h11,13,15-18H,5-10,12,14,19-20H2,1-4H3,(H-,24,25,27);1H.